The molecule has 3 fully saturated rings. The van der Waals surface area contributed by atoms with Crippen LogP contribution in [-0.2, 0) is 17.8 Å². The van der Waals surface area contributed by atoms with E-state index in [1.165, 1.54) is 0 Å². The van der Waals surface area contributed by atoms with Crippen LogP contribution in [0, 0.1) is 17.8 Å². The van der Waals surface area contributed by atoms with Gasteiger partial charge in [0.25, 0.3) is 11.5 Å². The Morgan fingerprint density at radius 3 is 2.65 bits per heavy atom. The number of pyridine rings is 2. The van der Waals surface area contributed by atoms with Gasteiger partial charge in [0, 0.05) is 74.5 Å². The maximum atomic E-state index is 13.3. The number of likely N-dealkylation sites (tertiary alicyclic amines) is 2. The fourth-order valence-electron chi connectivity index (χ4n) is 6.08. The summed E-state index contributed by atoms with van der Waals surface area (Å²) in [5, 5.41) is 0. The predicted molar refractivity (Wildman–Crippen MR) is 115 cm³/mol. The first kappa shape index (κ1) is 19.2. The second kappa shape index (κ2) is 7.57. The molecule has 4 aliphatic heterocycles. The van der Waals surface area contributed by atoms with Crippen LogP contribution in [0.25, 0.3) is 0 Å². The van der Waals surface area contributed by atoms with Crippen molar-refractivity contribution in [3.8, 4) is 0 Å². The first-order valence-electron chi connectivity index (χ1n) is 11.4. The quantitative estimate of drug-likeness (QED) is 0.754. The first-order chi connectivity index (χ1) is 15.2. The third-order valence-electron chi connectivity index (χ3n) is 7.56. The first-order valence-corrected chi connectivity index (χ1v) is 11.4. The molecule has 6 rings (SSSR count). The zero-order valence-corrected chi connectivity index (χ0v) is 17.7. The van der Waals surface area contributed by atoms with Crippen LogP contribution in [0.3, 0.4) is 0 Å². The molecule has 0 N–H and O–H groups in total. The van der Waals surface area contributed by atoms with Crippen LogP contribution in [0.4, 0.5) is 0 Å². The number of piperidine rings is 1. The number of nitrogens with zero attached hydrogens (tertiary/aromatic N) is 4. The van der Waals surface area contributed by atoms with Gasteiger partial charge in [-0.25, -0.2) is 0 Å². The Morgan fingerprint density at radius 1 is 1.03 bits per heavy atom. The zero-order valence-electron chi connectivity index (χ0n) is 17.7. The molecule has 0 aliphatic carbocycles. The Hall–Kier alpha value is -2.51. The number of carbonyl (C=O) groups is 1. The molecular weight excluding hydrogens is 392 g/mol. The minimum Gasteiger partial charge on any atom is -0.381 e. The summed E-state index contributed by atoms with van der Waals surface area (Å²) in [6.45, 7) is 6.55. The van der Waals surface area contributed by atoms with Crippen molar-refractivity contribution < 1.29 is 9.53 Å². The second-order valence-electron chi connectivity index (χ2n) is 9.67. The summed E-state index contributed by atoms with van der Waals surface area (Å²) >= 11 is 0. The van der Waals surface area contributed by atoms with E-state index in [4.69, 9.17) is 4.74 Å². The number of fused-ring (bicyclic) bond motifs is 5. The Morgan fingerprint density at radius 2 is 1.87 bits per heavy atom. The maximum Gasteiger partial charge on any atom is 0.272 e. The highest BCUT2D eigenvalue weighted by atomic mass is 16.5. The van der Waals surface area contributed by atoms with Crippen molar-refractivity contribution in [1.82, 2.24) is 19.4 Å². The second-order valence-corrected chi connectivity index (χ2v) is 9.67. The molecule has 7 heteroatoms. The number of carbonyl (C=O) groups excluding carboxylic acids is 1. The predicted octanol–water partition coefficient (Wildman–Crippen LogP) is 1.58. The highest BCUT2D eigenvalue weighted by Gasteiger charge is 2.39. The van der Waals surface area contributed by atoms with Gasteiger partial charge in [-0.15, -0.1) is 0 Å². The number of ether oxygens (including phenoxy) is 1. The lowest BCUT2D eigenvalue weighted by Gasteiger charge is -2.42. The van der Waals surface area contributed by atoms with E-state index in [0.29, 0.717) is 43.1 Å². The molecule has 162 valence electrons. The largest absolute Gasteiger partial charge is 0.381 e. The highest BCUT2D eigenvalue weighted by molar-refractivity contribution is 5.92. The lowest BCUT2D eigenvalue weighted by molar-refractivity contribution is 0.0588. The van der Waals surface area contributed by atoms with Crippen molar-refractivity contribution in [2.24, 2.45) is 17.8 Å². The Bertz CT molecular complexity index is 1040. The molecule has 0 unspecified atom stereocenters. The van der Waals surface area contributed by atoms with Gasteiger partial charge in [-0.3, -0.25) is 19.5 Å². The van der Waals surface area contributed by atoms with E-state index in [-0.39, 0.29) is 17.4 Å². The Kier molecular flexibility index (Phi) is 4.69. The minimum absolute atomic E-state index is 0.00808. The molecule has 2 aromatic rings. The van der Waals surface area contributed by atoms with Crippen LogP contribution in [-0.4, -0.2) is 64.7 Å². The Labute approximate surface area is 181 Å². The van der Waals surface area contributed by atoms with Gasteiger partial charge in [-0.1, -0.05) is 12.1 Å². The summed E-state index contributed by atoms with van der Waals surface area (Å²) in [5.74, 6) is 1.77. The number of amides is 1. The molecule has 7 nitrogen and oxygen atoms in total. The van der Waals surface area contributed by atoms with Crippen molar-refractivity contribution in [3.05, 3.63) is 63.8 Å². The molecular formula is C24H28N4O3. The molecule has 2 aromatic heterocycles. The van der Waals surface area contributed by atoms with Gasteiger partial charge in [0.2, 0.25) is 0 Å². The fourth-order valence-corrected chi connectivity index (χ4v) is 6.08. The molecule has 3 saturated heterocycles. The lowest BCUT2D eigenvalue weighted by Crippen LogP contribution is -2.49. The molecule has 1 amide bonds. The van der Waals surface area contributed by atoms with Gasteiger partial charge in [0.15, 0.2) is 0 Å². The summed E-state index contributed by atoms with van der Waals surface area (Å²) in [6, 6.07) is 9.60. The number of hydrogen-bond acceptors (Lipinski definition) is 5. The van der Waals surface area contributed by atoms with Crippen LogP contribution in [0.2, 0.25) is 0 Å². The molecule has 2 bridgehead atoms. The van der Waals surface area contributed by atoms with Gasteiger partial charge in [0.1, 0.15) is 5.69 Å². The van der Waals surface area contributed by atoms with E-state index in [9.17, 15) is 9.59 Å². The van der Waals surface area contributed by atoms with Crippen molar-refractivity contribution in [2.75, 3.05) is 39.4 Å². The Balaban J connectivity index is 1.21. The number of aromatic nitrogens is 2. The van der Waals surface area contributed by atoms with Crippen LogP contribution in [0.15, 0.2) is 41.3 Å². The van der Waals surface area contributed by atoms with Crippen molar-refractivity contribution in [2.45, 2.75) is 25.4 Å². The zero-order chi connectivity index (χ0) is 20.9. The fraction of sp³-hybridized carbons (Fsp3) is 0.542. The minimum atomic E-state index is -0.00808. The molecule has 0 spiro atoms. The molecule has 4 atom stereocenters. The van der Waals surface area contributed by atoms with Crippen LogP contribution >= 0.6 is 0 Å². The summed E-state index contributed by atoms with van der Waals surface area (Å²) in [4.78, 5) is 34.8. The lowest BCUT2D eigenvalue weighted by atomic mass is 9.83. The third kappa shape index (κ3) is 3.40. The maximum absolute atomic E-state index is 13.3. The average Bonchev–Trinajstić information content (AvgIpc) is 3.38. The molecule has 0 saturated carbocycles. The summed E-state index contributed by atoms with van der Waals surface area (Å²) in [5.41, 5.74) is 2.63. The number of rotatable bonds is 3. The van der Waals surface area contributed by atoms with Crippen LogP contribution < -0.4 is 5.56 Å². The molecule has 31 heavy (non-hydrogen) atoms. The smallest absolute Gasteiger partial charge is 0.272 e. The standard InChI is InChI=1S/C24H28N4O3/c29-23-17(10-26-11-19-14-31-15-20(19)12-26)4-5-22-18-7-16(9-28(22)23)8-27(13-18)24(30)21-3-1-2-6-25-21/h1-6,16,18-20H,7-15H2/t16-,18+,19-,20+/m0/s1. The summed E-state index contributed by atoms with van der Waals surface area (Å²) in [7, 11) is 0. The van der Waals surface area contributed by atoms with Gasteiger partial charge >= 0.3 is 0 Å². The van der Waals surface area contributed by atoms with E-state index in [1.807, 2.05) is 27.7 Å². The average molecular weight is 421 g/mol. The number of hydrogen-bond donors (Lipinski definition) is 0. The monoisotopic (exact) mass is 420 g/mol. The molecule has 0 radical (unpaired) electrons. The van der Waals surface area contributed by atoms with E-state index < -0.39 is 0 Å². The van der Waals surface area contributed by atoms with Gasteiger partial charge in [0.05, 0.1) is 13.2 Å². The summed E-state index contributed by atoms with van der Waals surface area (Å²) in [6.07, 6.45) is 2.70. The van der Waals surface area contributed by atoms with Crippen molar-refractivity contribution >= 4 is 5.91 Å². The molecule has 4 aliphatic rings. The SMILES string of the molecule is O=C(c1ccccn1)N1C[C@@H]2C[C@H](C1)c1ccc(CN3C[C@H]4COC[C@H]4C3)c(=O)n1C2. The molecule has 6 heterocycles. The van der Waals surface area contributed by atoms with Gasteiger partial charge in [-0.05, 0) is 30.5 Å². The topological polar surface area (TPSA) is 67.7 Å². The summed E-state index contributed by atoms with van der Waals surface area (Å²) < 4.78 is 7.58. The highest BCUT2D eigenvalue weighted by Crippen LogP contribution is 2.36. The molecule has 0 aromatic carbocycles. The van der Waals surface area contributed by atoms with E-state index in [1.54, 1.807) is 12.3 Å². The van der Waals surface area contributed by atoms with Gasteiger partial charge < -0.3 is 14.2 Å². The van der Waals surface area contributed by atoms with Crippen LogP contribution in [0.5, 0.6) is 0 Å². The van der Waals surface area contributed by atoms with Crippen molar-refractivity contribution in [1.29, 1.82) is 0 Å². The van der Waals surface area contributed by atoms with E-state index in [0.717, 1.165) is 50.5 Å². The normalized spacial score (nSPS) is 29.6. The van der Waals surface area contributed by atoms with E-state index >= 15 is 0 Å². The van der Waals surface area contributed by atoms with Crippen molar-refractivity contribution in [3.63, 3.8) is 0 Å². The third-order valence-corrected chi connectivity index (χ3v) is 7.56. The van der Waals surface area contributed by atoms with Gasteiger partial charge in [-0.2, -0.15) is 0 Å². The van der Waals surface area contributed by atoms with Crippen LogP contribution in [0.1, 0.15) is 34.1 Å². The van der Waals surface area contributed by atoms with E-state index in [2.05, 4.69) is 16.0 Å².